The number of hydrogen-bond donors (Lipinski definition) is 1. The fourth-order valence-electron chi connectivity index (χ4n) is 1.72. The first-order valence-electron chi connectivity index (χ1n) is 5.66. The second kappa shape index (κ2) is 5.72. The molecule has 6 heteroatoms. The SMILES string of the molecule is CNc1nc(Cc2c(Cl)cccc2Cl)nc(C)c1F. The Balaban J connectivity index is 2.41. The molecular formula is C13H12Cl2FN3. The van der Waals surface area contributed by atoms with E-state index in [1.54, 1.807) is 32.2 Å². The van der Waals surface area contributed by atoms with Gasteiger partial charge in [0.25, 0.3) is 0 Å². The van der Waals surface area contributed by atoms with Gasteiger partial charge in [0.05, 0.1) is 5.69 Å². The van der Waals surface area contributed by atoms with Crippen molar-refractivity contribution in [2.24, 2.45) is 0 Å². The number of anilines is 1. The molecule has 0 unspecified atom stereocenters. The molecule has 2 rings (SSSR count). The molecule has 0 saturated carbocycles. The van der Waals surface area contributed by atoms with Crippen LogP contribution in [-0.2, 0) is 6.42 Å². The third-order valence-corrected chi connectivity index (χ3v) is 3.40. The molecule has 19 heavy (non-hydrogen) atoms. The van der Waals surface area contributed by atoms with Crippen molar-refractivity contribution in [3.8, 4) is 0 Å². The van der Waals surface area contributed by atoms with Crippen LogP contribution in [0.4, 0.5) is 10.2 Å². The molecule has 0 aliphatic rings. The first-order chi connectivity index (χ1) is 9.02. The van der Waals surface area contributed by atoms with Gasteiger partial charge in [-0.05, 0) is 24.6 Å². The van der Waals surface area contributed by atoms with E-state index in [1.165, 1.54) is 0 Å². The number of rotatable bonds is 3. The standard InChI is InChI=1S/C13H12Cl2FN3/c1-7-12(16)13(17-2)19-11(18-7)6-8-9(14)4-3-5-10(8)15/h3-5H,6H2,1-2H3,(H,17,18,19). The minimum atomic E-state index is -0.448. The second-order valence-electron chi connectivity index (χ2n) is 4.01. The summed E-state index contributed by atoms with van der Waals surface area (Å²) in [6.07, 6.45) is 0.355. The Kier molecular flexibility index (Phi) is 4.22. The van der Waals surface area contributed by atoms with Gasteiger partial charge in [-0.2, -0.15) is 0 Å². The Morgan fingerprint density at radius 1 is 1.21 bits per heavy atom. The lowest BCUT2D eigenvalue weighted by Gasteiger charge is -2.09. The molecule has 0 amide bonds. The fraction of sp³-hybridized carbons (Fsp3) is 0.231. The number of halogens is 3. The van der Waals surface area contributed by atoms with Crippen LogP contribution in [0.1, 0.15) is 17.1 Å². The molecular weight excluding hydrogens is 288 g/mol. The van der Waals surface area contributed by atoms with Crippen LogP contribution < -0.4 is 5.32 Å². The molecule has 2 aromatic rings. The molecule has 0 aliphatic carbocycles. The summed E-state index contributed by atoms with van der Waals surface area (Å²) in [7, 11) is 1.61. The number of nitrogens with zero attached hydrogens (tertiary/aromatic N) is 2. The average Bonchev–Trinajstić information content (AvgIpc) is 2.38. The lowest BCUT2D eigenvalue weighted by molar-refractivity contribution is 0.602. The molecule has 0 spiro atoms. The van der Waals surface area contributed by atoms with Gasteiger partial charge in [0.15, 0.2) is 11.6 Å². The Hall–Kier alpha value is -1.39. The monoisotopic (exact) mass is 299 g/mol. The minimum absolute atomic E-state index is 0.172. The average molecular weight is 300 g/mol. The van der Waals surface area contributed by atoms with E-state index in [0.717, 1.165) is 5.56 Å². The summed E-state index contributed by atoms with van der Waals surface area (Å²) in [4.78, 5) is 8.23. The molecule has 0 fully saturated rings. The normalized spacial score (nSPS) is 10.6. The van der Waals surface area contributed by atoms with Gasteiger partial charge in [-0.15, -0.1) is 0 Å². The summed E-state index contributed by atoms with van der Waals surface area (Å²) < 4.78 is 13.6. The van der Waals surface area contributed by atoms with E-state index >= 15 is 0 Å². The number of benzene rings is 1. The highest BCUT2D eigenvalue weighted by Crippen LogP contribution is 2.26. The summed E-state index contributed by atoms with van der Waals surface area (Å²) in [5.74, 6) is 0.195. The third kappa shape index (κ3) is 2.96. The van der Waals surface area contributed by atoms with Crippen LogP contribution in [0.25, 0.3) is 0 Å². The summed E-state index contributed by atoms with van der Waals surface area (Å²) in [6, 6.07) is 5.26. The molecule has 1 heterocycles. The zero-order valence-corrected chi connectivity index (χ0v) is 12.0. The first-order valence-corrected chi connectivity index (χ1v) is 6.42. The van der Waals surface area contributed by atoms with Gasteiger partial charge >= 0.3 is 0 Å². The van der Waals surface area contributed by atoms with E-state index in [4.69, 9.17) is 23.2 Å². The van der Waals surface area contributed by atoms with Gasteiger partial charge in [0, 0.05) is 23.5 Å². The van der Waals surface area contributed by atoms with Crippen molar-refractivity contribution in [3.63, 3.8) is 0 Å². The summed E-state index contributed by atoms with van der Waals surface area (Å²) in [5.41, 5.74) is 1.02. The number of nitrogens with one attached hydrogen (secondary N) is 1. The van der Waals surface area contributed by atoms with Gasteiger partial charge < -0.3 is 5.32 Å². The highest BCUT2D eigenvalue weighted by Gasteiger charge is 2.13. The Morgan fingerprint density at radius 2 is 1.84 bits per heavy atom. The van der Waals surface area contributed by atoms with Crippen molar-refractivity contribution >= 4 is 29.0 Å². The molecule has 0 radical (unpaired) electrons. The zero-order chi connectivity index (χ0) is 14.0. The van der Waals surface area contributed by atoms with Crippen molar-refractivity contribution in [3.05, 3.63) is 51.1 Å². The molecule has 1 aromatic heterocycles. The fourth-order valence-corrected chi connectivity index (χ4v) is 2.25. The minimum Gasteiger partial charge on any atom is -0.371 e. The van der Waals surface area contributed by atoms with Gasteiger partial charge in [0.1, 0.15) is 5.82 Å². The van der Waals surface area contributed by atoms with E-state index in [1.807, 2.05) is 0 Å². The highest BCUT2D eigenvalue weighted by atomic mass is 35.5. The predicted molar refractivity (Wildman–Crippen MR) is 75.5 cm³/mol. The zero-order valence-electron chi connectivity index (χ0n) is 10.5. The second-order valence-corrected chi connectivity index (χ2v) is 4.83. The first kappa shape index (κ1) is 14.0. The summed E-state index contributed by atoms with van der Waals surface area (Å²) in [5, 5.41) is 3.79. The van der Waals surface area contributed by atoms with E-state index in [-0.39, 0.29) is 11.5 Å². The van der Waals surface area contributed by atoms with E-state index in [2.05, 4.69) is 15.3 Å². The van der Waals surface area contributed by atoms with E-state index in [0.29, 0.717) is 22.3 Å². The van der Waals surface area contributed by atoms with Crippen molar-refractivity contribution < 1.29 is 4.39 Å². The van der Waals surface area contributed by atoms with Crippen LogP contribution in [0.2, 0.25) is 10.0 Å². The quantitative estimate of drug-likeness (QED) is 0.935. The largest absolute Gasteiger partial charge is 0.371 e. The maximum absolute atomic E-state index is 13.6. The van der Waals surface area contributed by atoms with Crippen molar-refractivity contribution in [2.75, 3.05) is 12.4 Å². The van der Waals surface area contributed by atoms with Crippen LogP contribution in [0, 0.1) is 12.7 Å². The number of aryl methyl sites for hydroxylation is 1. The van der Waals surface area contributed by atoms with Crippen molar-refractivity contribution in [1.29, 1.82) is 0 Å². The smallest absolute Gasteiger partial charge is 0.186 e. The Labute approximate surface area is 120 Å². The maximum atomic E-state index is 13.6. The van der Waals surface area contributed by atoms with E-state index in [9.17, 15) is 4.39 Å². The number of hydrogen-bond acceptors (Lipinski definition) is 3. The van der Waals surface area contributed by atoms with Crippen molar-refractivity contribution in [2.45, 2.75) is 13.3 Å². The lowest BCUT2D eigenvalue weighted by atomic mass is 10.1. The molecule has 0 aliphatic heterocycles. The highest BCUT2D eigenvalue weighted by molar-refractivity contribution is 6.36. The van der Waals surface area contributed by atoms with Crippen molar-refractivity contribution in [1.82, 2.24) is 9.97 Å². The summed E-state index contributed by atoms with van der Waals surface area (Å²) in [6.45, 7) is 1.59. The molecule has 0 atom stereocenters. The molecule has 0 saturated heterocycles. The Bertz CT molecular complexity index is 597. The van der Waals surface area contributed by atoms with E-state index < -0.39 is 5.82 Å². The van der Waals surface area contributed by atoms with Crippen LogP contribution >= 0.6 is 23.2 Å². The third-order valence-electron chi connectivity index (χ3n) is 2.70. The van der Waals surface area contributed by atoms with Gasteiger partial charge in [-0.1, -0.05) is 29.3 Å². The van der Waals surface area contributed by atoms with Crippen LogP contribution in [0.5, 0.6) is 0 Å². The van der Waals surface area contributed by atoms with Crippen LogP contribution in [-0.4, -0.2) is 17.0 Å². The van der Waals surface area contributed by atoms with Crippen LogP contribution in [0.15, 0.2) is 18.2 Å². The molecule has 1 aromatic carbocycles. The maximum Gasteiger partial charge on any atom is 0.186 e. The predicted octanol–water partition coefficient (Wildman–Crippen LogP) is 3.86. The summed E-state index contributed by atoms with van der Waals surface area (Å²) >= 11 is 12.2. The topological polar surface area (TPSA) is 37.8 Å². The van der Waals surface area contributed by atoms with Gasteiger partial charge in [-0.3, -0.25) is 0 Å². The molecule has 0 bridgehead atoms. The number of aromatic nitrogens is 2. The molecule has 1 N–H and O–H groups in total. The van der Waals surface area contributed by atoms with Gasteiger partial charge in [0.2, 0.25) is 0 Å². The molecule has 100 valence electrons. The van der Waals surface area contributed by atoms with Crippen LogP contribution in [0.3, 0.4) is 0 Å². The lowest BCUT2D eigenvalue weighted by Crippen LogP contribution is -2.07. The molecule has 3 nitrogen and oxygen atoms in total. The Morgan fingerprint density at radius 3 is 2.42 bits per heavy atom. The van der Waals surface area contributed by atoms with Gasteiger partial charge in [-0.25, -0.2) is 14.4 Å².